The molecule has 0 fully saturated rings. The molecule has 13 heavy (non-hydrogen) atoms. The second-order valence-electron chi connectivity index (χ2n) is 0. The maximum Gasteiger partial charge on any atom is 0.0379 e. The number of hydrazine groups is 2. The van der Waals surface area contributed by atoms with E-state index in [1.54, 1.807) is 0 Å². The van der Waals surface area contributed by atoms with E-state index in [9.17, 15) is 0 Å². The molecular formula is C2H21BN6UVY2-2. The van der Waals surface area contributed by atoms with Gasteiger partial charge in [-0.2, -0.15) is 0 Å². The standard InChI is InChI=1S/2CH4.BH.2H4N2.2H2N.U.V.2Y/c;;;2*1-2;;;;;;/h2*1H4;1H;2*1-2H2;2*1H2;;;;/q;;;;;2*-1;;;;/i;;1D;;;;;;;;. The monoisotopic (exact) mass is 608 g/mol. The summed E-state index contributed by atoms with van der Waals surface area (Å²) in [6, 6.07) is 0. The van der Waals surface area contributed by atoms with Crippen molar-refractivity contribution in [1.29, 1.82) is 1.34 Å². The molecule has 0 heterocycles. The fourth-order valence-electron chi connectivity index (χ4n) is 0. The topological polar surface area (TPSA) is 171 Å². The first-order valence-electron chi connectivity index (χ1n) is 1.24. The van der Waals surface area contributed by atoms with Gasteiger partial charge in [-0.1, -0.05) is 14.9 Å². The van der Waals surface area contributed by atoms with Gasteiger partial charge in [0.15, 0.2) is 0 Å². The molecule has 6 nitrogen and oxygen atoms in total. The maximum atomic E-state index is 5.25. The third kappa shape index (κ3) is 217. The summed E-state index contributed by atoms with van der Waals surface area (Å²) in [6.07, 6.45) is 0. The Morgan fingerprint density at radius 2 is 0.769 bits per heavy atom. The van der Waals surface area contributed by atoms with Crippen molar-refractivity contribution in [3.05, 3.63) is 12.3 Å². The molecule has 12 N–H and O–H groups in total. The van der Waals surface area contributed by atoms with E-state index in [0.29, 0.717) is 0 Å². The first-order valence-corrected chi connectivity index (χ1v) is 0.667. The molecule has 0 atom stereocenters. The van der Waals surface area contributed by atoms with E-state index < -0.39 is 0 Å². The Morgan fingerprint density at radius 3 is 0.769 bits per heavy atom. The number of hydrogen-bond donors (Lipinski definition) is 4. The van der Waals surface area contributed by atoms with E-state index in [0.717, 1.165) is 0 Å². The SMILES string of the molecule is C.C.NN.NN.[2H][B].[NH2-].[NH2-].[U].[V].[Y].[Y]. The summed E-state index contributed by atoms with van der Waals surface area (Å²) in [6.45, 7) is 0. The summed E-state index contributed by atoms with van der Waals surface area (Å²) < 4.78 is 5.25. The van der Waals surface area contributed by atoms with Gasteiger partial charge in [0.1, 0.15) is 0 Å². The molecule has 79 valence electrons. The van der Waals surface area contributed by atoms with Crippen molar-refractivity contribution >= 4 is 8.38 Å². The summed E-state index contributed by atoms with van der Waals surface area (Å²) in [5.41, 5.74) is 0. The van der Waals surface area contributed by atoms with E-state index in [-0.39, 0.29) is 142 Å². The summed E-state index contributed by atoms with van der Waals surface area (Å²) in [5, 5.41) is 0. The summed E-state index contributed by atoms with van der Waals surface area (Å²) in [5.74, 6) is 16.0. The van der Waals surface area contributed by atoms with Crippen LogP contribution in [0.1, 0.15) is 14.9 Å². The van der Waals surface area contributed by atoms with Crippen LogP contribution in [-0.2, 0) is 84.0 Å². The molecule has 0 saturated carbocycles. The molecular weight excluding hydrogens is 586 g/mol. The fraction of sp³-hybridized carbons (Fsp3) is 1.00. The molecule has 0 aromatic carbocycles. The predicted octanol–water partition coefficient (Wildman–Crippen LogP) is -0.312. The fourth-order valence-corrected chi connectivity index (χ4v) is 0. The van der Waals surface area contributed by atoms with Crippen molar-refractivity contribution in [3.63, 3.8) is 0 Å². The number of hydrogen-bond acceptors (Lipinski definition) is 4. The first-order chi connectivity index (χ1) is 3.00. The van der Waals surface area contributed by atoms with Gasteiger partial charge in [-0.3, -0.25) is 23.4 Å². The second kappa shape index (κ2) is 250. The van der Waals surface area contributed by atoms with Gasteiger partial charge in [0.25, 0.3) is 0 Å². The average molecular weight is 608 g/mol. The Morgan fingerprint density at radius 1 is 0.769 bits per heavy atom. The third-order valence-corrected chi connectivity index (χ3v) is 0. The zero-order valence-corrected chi connectivity index (χ0v) is 17.4. The van der Waals surface area contributed by atoms with Gasteiger partial charge in [0.2, 0.25) is 0 Å². The van der Waals surface area contributed by atoms with Crippen molar-refractivity contribution in [1.82, 2.24) is 0 Å². The Kier molecular flexibility index (Phi) is 1770. The van der Waals surface area contributed by atoms with Gasteiger partial charge in [-0.05, 0) is 1.34 Å². The van der Waals surface area contributed by atoms with Crippen molar-refractivity contribution in [3.8, 4) is 0 Å². The van der Waals surface area contributed by atoms with Crippen LogP contribution in [0.3, 0.4) is 0 Å². The molecule has 0 spiro atoms. The molecule has 0 aliphatic rings. The van der Waals surface area contributed by atoms with Crippen LogP contribution in [0.4, 0.5) is 0 Å². The Labute approximate surface area is 172 Å². The number of nitrogens with two attached hydrogens (primary N) is 6. The first kappa shape index (κ1) is 92.0. The van der Waals surface area contributed by atoms with Gasteiger partial charge >= 0.3 is 0 Å². The molecule has 0 aromatic heterocycles. The van der Waals surface area contributed by atoms with Gasteiger partial charge < -0.3 is 12.3 Å². The van der Waals surface area contributed by atoms with Crippen LogP contribution in [0.15, 0.2) is 0 Å². The largest absolute Gasteiger partial charge is 0.693 e. The van der Waals surface area contributed by atoms with E-state index in [1.165, 1.54) is 0 Å². The van der Waals surface area contributed by atoms with E-state index in [1.807, 2.05) is 0 Å². The van der Waals surface area contributed by atoms with Crippen LogP contribution in [-0.4, -0.2) is 9.71 Å². The predicted molar refractivity (Wildman–Crippen MR) is 47.9 cm³/mol. The van der Waals surface area contributed by atoms with Gasteiger partial charge in [-0.25, -0.2) is 0 Å². The molecule has 11 heteroatoms. The molecule has 0 aromatic rings. The van der Waals surface area contributed by atoms with Crippen LogP contribution in [0.25, 0.3) is 12.3 Å². The summed E-state index contributed by atoms with van der Waals surface area (Å²) in [4.78, 5) is 0. The van der Waals surface area contributed by atoms with E-state index in [4.69, 9.17) is 1.34 Å². The molecule has 0 aliphatic heterocycles. The Bertz CT molecular complexity index is 33.8. The van der Waals surface area contributed by atoms with Crippen LogP contribution in [0.5, 0.6) is 0 Å². The van der Waals surface area contributed by atoms with Gasteiger partial charge in [0.05, 0.1) is 0 Å². The minimum atomic E-state index is 0. The molecule has 5 radical (unpaired) electrons. The minimum Gasteiger partial charge on any atom is -0.693 e. The third-order valence-electron chi connectivity index (χ3n) is 0. The Balaban J connectivity index is -0.000000000833. The molecule has 0 saturated heterocycles. The molecule has 0 rings (SSSR count). The number of rotatable bonds is 0. The summed E-state index contributed by atoms with van der Waals surface area (Å²) in [7, 11) is 3.75. The van der Waals surface area contributed by atoms with Crippen molar-refractivity contribution in [2.45, 2.75) is 14.9 Å². The van der Waals surface area contributed by atoms with Crippen LogP contribution in [0.2, 0.25) is 0 Å². The van der Waals surface area contributed by atoms with Crippen molar-refractivity contribution in [2.75, 3.05) is 0 Å². The second-order valence-corrected chi connectivity index (χ2v) is 0. The quantitative estimate of drug-likeness (QED) is 0.168. The Hall–Kier alpha value is 3.67. The normalized spacial score (nSPS) is 1.38. The minimum absolute atomic E-state index is 0. The smallest absolute Gasteiger partial charge is 0.0379 e. The van der Waals surface area contributed by atoms with Gasteiger partial charge in [-0.15, -0.1) is 0 Å². The molecule has 0 unspecified atom stereocenters. The van der Waals surface area contributed by atoms with E-state index >= 15 is 0 Å². The molecule has 0 aliphatic carbocycles. The summed E-state index contributed by atoms with van der Waals surface area (Å²) >= 11 is 0. The van der Waals surface area contributed by atoms with Crippen molar-refractivity contribution < 1.29 is 115 Å². The molecule has 0 amide bonds. The molecule has 0 bridgehead atoms. The van der Waals surface area contributed by atoms with Crippen LogP contribution in [0, 0.1) is 31.1 Å². The van der Waals surface area contributed by atoms with E-state index in [2.05, 4.69) is 31.7 Å². The van der Waals surface area contributed by atoms with Crippen molar-refractivity contribution in [2.24, 2.45) is 23.4 Å². The average Bonchev–Trinajstić information content (AvgIpc) is 1.81. The van der Waals surface area contributed by atoms with Crippen LogP contribution < -0.4 is 23.4 Å². The maximum absolute atomic E-state index is 5.25. The van der Waals surface area contributed by atoms with Crippen LogP contribution >= 0.6 is 0 Å². The van der Waals surface area contributed by atoms with Gasteiger partial charge in [0, 0.05) is 123 Å². The zero-order valence-electron chi connectivity index (χ0n) is 7.14. The zero-order chi connectivity index (χ0) is 6.00.